The number of carbonyl (C=O) groups is 2. The van der Waals surface area contributed by atoms with Crippen molar-refractivity contribution in [2.24, 2.45) is 5.92 Å². The molecule has 2 aromatic heterocycles. The molecule has 0 saturated carbocycles. The third-order valence-electron chi connectivity index (χ3n) is 15.6. The zero-order valence-electron chi connectivity index (χ0n) is 41.6. The van der Waals surface area contributed by atoms with Crippen molar-refractivity contribution in [3.05, 3.63) is 129 Å². The average molecular weight is 984 g/mol. The molecule has 382 valence electrons. The standard InChI is InChI=1S/C55H70FN11O5/c56-50-11-10-42(32-51-47-8-1-2-9-48(47)54(69)60-59-51)31-49(50)55(70)66-25-23-63(24-26-66)18-17-62-19-21-64(22-20-62)35-41-12-15-61(16-13-41)27-28-71-29-30-72-46-7-3-5-43(33-46)44-6-4-14-67(37-44)53(68)39-65-36-45-34-57-40-58-52(45)38-65/h1-3,5,7-11,31,33-34,40-41,44H,4,6,12-30,32,35-39H2,(H,60,69)/t44-/m0/s1. The van der Waals surface area contributed by atoms with Gasteiger partial charge in [0.05, 0.1) is 42.1 Å². The van der Waals surface area contributed by atoms with Gasteiger partial charge in [0, 0.05) is 134 Å². The maximum atomic E-state index is 15.1. The van der Waals surface area contributed by atoms with Gasteiger partial charge in [0.1, 0.15) is 24.5 Å². The molecule has 7 heterocycles. The fraction of sp³-hybridized carbons (Fsp3) is 0.527. The number of hydrogen-bond donors (Lipinski definition) is 1. The molecule has 3 aromatic carbocycles. The van der Waals surface area contributed by atoms with Gasteiger partial charge in [-0.05, 0) is 86.1 Å². The predicted octanol–water partition coefficient (Wildman–Crippen LogP) is 4.35. The highest BCUT2D eigenvalue weighted by atomic mass is 19.1. The normalized spacial score (nSPS) is 20.0. The van der Waals surface area contributed by atoms with E-state index in [4.69, 9.17) is 9.47 Å². The molecule has 4 saturated heterocycles. The Morgan fingerprint density at radius 1 is 0.722 bits per heavy atom. The van der Waals surface area contributed by atoms with E-state index in [1.54, 1.807) is 29.4 Å². The van der Waals surface area contributed by atoms with Crippen molar-refractivity contribution in [2.75, 3.05) is 131 Å². The first kappa shape index (κ1) is 49.9. The van der Waals surface area contributed by atoms with Crippen LogP contribution in [0.1, 0.15) is 70.0 Å². The van der Waals surface area contributed by atoms with Crippen LogP contribution in [-0.4, -0.2) is 197 Å². The third kappa shape index (κ3) is 12.7. The molecule has 0 aliphatic carbocycles. The molecule has 4 fully saturated rings. The number of amides is 2. The van der Waals surface area contributed by atoms with E-state index in [2.05, 4.69) is 62.9 Å². The Hall–Kier alpha value is -5.69. The number of piperidine rings is 2. The van der Waals surface area contributed by atoms with Crippen LogP contribution < -0.4 is 10.3 Å². The molecule has 1 atom stereocenters. The quantitative estimate of drug-likeness (QED) is 0.124. The second-order valence-electron chi connectivity index (χ2n) is 20.4. The number of ether oxygens (including phenoxy) is 2. The van der Waals surface area contributed by atoms with Gasteiger partial charge in [0.2, 0.25) is 5.91 Å². The molecule has 0 bridgehead atoms. The molecule has 5 aromatic rings. The Balaban J connectivity index is 0.561. The van der Waals surface area contributed by atoms with Gasteiger partial charge in [-0.2, -0.15) is 5.10 Å². The van der Waals surface area contributed by atoms with E-state index in [1.165, 1.54) is 31.0 Å². The van der Waals surface area contributed by atoms with E-state index in [1.807, 2.05) is 35.4 Å². The largest absolute Gasteiger partial charge is 0.491 e. The highest BCUT2D eigenvalue weighted by molar-refractivity contribution is 5.95. The lowest BCUT2D eigenvalue weighted by Crippen LogP contribution is -2.53. The minimum atomic E-state index is -0.522. The minimum absolute atomic E-state index is 0.0807. The molecular formula is C55H70FN11O5. The summed E-state index contributed by atoms with van der Waals surface area (Å²) in [5.74, 6) is 1.28. The number of hydrogen-bond acceptors (Lipinski definition) is 13. The lowest BCUT2D eigenvalue weighted by atomic mass is 9.90. The van der Waals surface area contributed by atoms with Gasteiger partial charge >= 0.3 is 0 Å². The highest BCUT2D eigenvalue weighted by Crippen LogP contribution is 2.30. The smallest absolute Gasteiger partial charge is 0.272 e. The predicted molar refractivity (Wildman–Crippen MR) is 273 cm³/mol. The molecule has 0 radical (unpaired) electrons. The van der Waals surface area contributed by atoms with Crippen molar-refractivity contribution in [1.82, 2.24) is 54.5 Å². The summed E-state index contributed by atoms with van der Waals surface area (Å²) in [5, 5.41) is 8.13. The Kier molecular flexibility index (Phi) is 16.6. The number of aromatic nitrogens is 4. The van der Waals surface area contributed by atoms with E-state index >= 15 is 4.39 Å². The number of H-pyrrole nitrogens is 1. The number of likely N-dealkylation sites (tertiary alicyclic amines) is 2. The fourth-order valence-corrected chi connectivity index (χ4v) is 11.3. The van der Waals surface area contributed by atoms with Crippen LogP contribution in [0, 0.1) is 11.7 Å². The summed E-state index contributed by atoms with van der Waals surface area (Å²) in [4.78, 5) is 63.8. The van der Waals surface area contributed by atoms with E-state index in [0.717, 1.165) is 138 Å². The molecule has 0 unspecified atom stereocenters. The van der Waals surface area contributed by atoms with Crippen molar-refractivity contribution < 1.29 is 23.5 Å². The van der Waals surface area contributed by atoms with Crippen molar-refractivity contribution in [1.29, 1.82) is 0 Å². The number of piperazine rings is 2. The number of nitrogens with one attached hydrogen (secondary N) is 1. The van der Waals surface area contributed by atoms with Gasteiger partial charge in [0.15, 0.2) is 0 Å². The fourth-order valence-electron chi connectivity index (χ4n) is 11.3. The first-order valence-corrected chi connectivity index (χ1v) is 26.3. The number of benzene rings is 3. The van der Waals surface area contributed by atoms with Gasteiger partial charge in [-0.15, -0.1) is 0 Å². The first-order chi connectivity index (χ1) is 35.3. The molecule has 0 spiro atoms. The minimum Gasteiger partial charge on any atom is -0.491 e. The summed E-state index contributed by atoms with van der Waals surface area (Å²) < 4.78 is 27.2. The maximum Gasteiger partial charge on any atom is 0.272 e. The monoisotopic (exact) mass is 984 g/mol. The summed E-state index contributed by atoms with van der Waals surface area (Å²) in [5.41, 5.74) is 4.64. The first-order valence-electron chi connectivity index (χ1n) is 26.3. The van der Waals surface area contributed by atoms with Crippen LogP contribution in [0.3, 0.4) is 0 Å². The molecule has 72 heavy (non-hydrogen) atoms. The van der Waals surface area contributed by atoms with E-state index in [-0.39, 0.29) is 22.9 Å². The Morgan fingerprint density at radius 3 is 2.29 bits per heavy atom. The van der Waals surface area contributed by atoms with E-state index in [0.29, 0.717) is 69.4 Å². The molecule has 5 aliphatic rings. The lowest BCUT2D eigenvalue weighted by molar-refractivity contribution is -0.133. The topological polar surface area (TPSA) is 147 Å². The molecule has 5 aliphatic heterocycles. The summed E-state index contributed by atoms with van der Waals surface area (Å²) in [6.07, 6.45) is 8.33. The summed E-state index contributed by atoms with van der Waals surface area (Å²) in [6, 6.07) is 20.3. The number of rotatable bonds is 18. The van der Waals surface area contributed by atoms with Crippen molar-refractivity contribution in [2.45, 2.75) is 51.1 Å². The van der Waals surface area contributed by atoms with Gasteiger partial charge < -0.3 is 29.1 Å². The summed E-state index contributed by atoms with van der Waals surface area (Å²) in [6.45, 7) is 18.6. The SMILES string of the molecule is O=C(CN1Cc2cncnc2C1)N1CCC[C@H](c2cccc(OCCOCCN3CCC(CN4CCN(CCN5CCN(C(=O)c6cc(Cc7n[nH]c(=O)c8ccccc78)ccc6F)CC5)CC4)CC3)c2)C1. The zero-order valence-corrected chi connectivity index (χ0v) is 41.6. The van der Waals surface area contributed by atoms with Gasteiger partial charge in [-0.1, -0.05) is 36.4 Å². The van der Waals surface area contributed by atoms with Gasteiger partial charge in [0.25, 0.3) is 11.5 Å². The number of aromatic amines is 1. The van der Waals surface area contributed by atoms with E-state index in [9.17, 15) is 14.4 Å². The average Bonchev–Trinajstić information content (AvgIpc) is 3.84. The number of nitrogens with zero attached hydrogens (tertiary/aromatic N) is 10. The van der Waals surface area contributed by atoms with Crippen LogP contribution in [0.15, 0.2) is 84.0 Å². The summed E-state index contributed by atoms with van der Waals surface area (Å²) in [7, 11) is 0. The van der Waals surface area contributed by atoms with E-state index < -0.39 is 5.82 Å². The second-order valence-corrected chi connectivity index (χ2v) is 20.4. The lowest BCUT2D eigenvalue weighted by Gasteiger charge is -2.40. The molecule has 2 amide bonds. The van der Waals surface area contributed by atoms with Crippen LogP contribution in [0.5, 0.6) is 5.75 Å². The molecule has 1 N–H and O–H groups in total. The molecule has 10 rings (SSSR count). The van der Waals surface area contributed by atoms with Gasteiger partial charge in [-0.3, -0.25) is 29.1 Å². The zero-order chi connectivity index (χ0) is 49.2. The molecule has 16 nitrogen and oxygen atoms in total. The van der Waals surface area contributed by atoms with Crippen LogP contribution in [0.2, 0.25) is 0 Å². The third-order valence-corrected chi connectivity index (χ3v) is 15.6. The summed E-state index contributed by atoms with van der Waals surface area (Å²) >= 11 is 0. The second kappa shape index (κ2) is 23.9. The Labute approximate surface area is 422 Å². The van der Waals surface area contributed by atoms with Gasteiger partial charge in [-0.25, -0.2) is 19.5 Å². The molecule has 17 heteroatoms. The number of halogens is 1. The number of fused-ring (bicyclic) bond motifs is 2. The van der Waals surface area contributed by atoms with Crippen LogP contribution in [-0.2, 0) is 29.0 Å². The van der Waals surface area contributed by atoms with Crippen LogP contribution in [0.25, 0.3) is 10.8 Å². The Morgan fingerprint density at radius 2 is 1.49 bits per heavy atom. The van der Waals surface area contributed by atoms with Crippen LogP contribution >= 0.6 is 0 Å². The number of carbonyl (C=O) groups excluding carboxylic acids is 2. The van der Waals surface area contributed by atoms with Crippen molar-refractivity contribution >= 4 is 22.6 Å². The van der Waals surface area contributed by atoms with Crippen molar-refractivity contribution in [3.8, 4) is 5.75 Å². The Bertz CT molecular complexity index is 2660. The van der Waals surface area contributed by atoms with Crippen LogP contribution in [0.4, 0.5) is 4.39 Å². The molecular weight excluding hydrogens is 914 g/mol. The highest BCUT2D eigenvalue weighted by Gasteiger charge is 2.30. The van der Waals surface area contributed by atoms with Crippen molar-refractivity contribution in [3.63, 3.8) is 0 Å². The maximum absolute atomic E-state index is 15.1.